The Labute approximate surface area is 121 Å². The molecule has 0 aliphatic heterocycles. The van der Waals surface area contributed by atoms with Gasteiger partial charge in [-0.3, -0.25) is 4.79 Å². The maximum atomic E-state index is 11.1. The lowest BCUT2D eigenvalue weighted by molar-refractivity contribution is -0.118. The maximum absolute atomic E-state index is 11.1. The molecule has 2 rings (SSSR count). The van der Waals surface area contributed by atoms with E-state index < -0.39 is 5.91 Å². The average Bonchev–Trinajstić information content (AvgIpc) is 2.78. The van der Waals surface area contributed by atoms with Gasteiger partial charge in [0.1, 0.15) is 6.54 Å². The van der Waals surface area contributed by atoms with Crippen LogP contribution in [0.3, 0.4) is 0 Å². The van der Waals surface area contributed by atoms with E-state index in [9.17, 15) is 9.90 Å². The number of primary amides is 1. The van der Waals surface area contributed by atoms with E-state index in [1.807, 2.05) is 25.1 Å². The number of rotatable bonds is 6. The maximum Gasteiger partial charge on any atom is 0.237 e. The Hall–Kier alpha value is -1.79. The number of nitrogens with zero attached hydrogens (tertiary/aromatic N) is 2. The summed E-state index contributed by atoms with van der Waals surface area (Å²) in [7, 11) is 0. The molecule has 5 nitrogen and oxygen atoms in total. The molecule has 0 fully saturated rings. The van der Waals surface area contributed by atoms with Crippen LogP contribution in [0, 0.1) is 6.92 Å². The van der Waals surface area contributed by atoms with Crippen molar-refractivity contribution in [2.45, 2.75) is 31.0 Å². The lowest BCUT2D eigenvalue weighted by Crippen LogP contribution is -2.20. The van der Waals surface area contributed by atoms with E-state index in [4.69, 9.17) is 5.73 Å². The fraction of sp³-hybridized carbons (Fsp3) is 0.286. The Kier molecular flexibility index (Phi) is 4.81. The third kappa shape index (κ3) is 3.61. The number of hydrogen-bond donors (Lipinski definition) is 2. The van der Waals surface area contributed by atoms with Crippen LogP contribution in [0.1, 0.15) is 16.8 Å². The first kappa shape index (κ1) is 14.6. The van der Waals surface area contributed by atoms with E-state index in [2.05, 4.69) is 11.1 Å². The molecule has 6 heteroatoms. The zero-order valence-corrected chi connectivity index (χ0v) is 12.1. The van der Waals surface area contributed by atoms with Crippen molar-refractivity contribution in [3.05, 3.63) is 47.3 Å². The number of imidazole rings is 1. The number of aromatic nitrogens is 2. The summed E-state index contributed by atoms with van der Waals surface area (Å²) in [5, 5.41) is 9.93. The highest BCUT2D eigenvalue weighted by atomic mass is 32.2. The first-order valence-corrected chi connectivity index (χ1v) is 7.20. The van der Waals surface area contributed by atoms with E-state index in [0.29, 0.717) is 10.9 Å². The highest BCUT2D eigenvalue weighted by molar-refractivity contribution is 7.98. The molecule has 2 aromatic rings. The molecule has 3 N–H and O–H groups in total. The van der Waals surface area contributed by atoms with Crippen LogP contribution in [0.25, 0.3) is 0 Å². The SMILES string of the molecule is Cc1cccc(CSc2ncc(CO)n2CC(N)=O)c1. The molecule has 0 aliphatic carbocycles. The molecule has 0 aliphatic rings. The molecule has 0 saturated carbocycles. The number of aliphatic hydroxyl groups is 1. The smallest absolute Gasteiger partial charge is 0.237 e. The number of carbonyl (C=O) groups is 1. The summed E-state index contributed by atoms with van der Waals surface area (Å²) in [5.74, 6) is 0.303. The topological polar surface area (TPSA) is 81.1 Å². The van der Waals surface area contributed by atoms with Gasteiger partial charge in [0.25, 0.3) is 0 Å². The summed E-state index contributed by atoms with van der Waals surface area (Å²) in [4.78, 5) is 15.3. The Morgan fingerprint density at radius 1 is 1.50 bits per heavy atom. The fourth-order valence-corrected chi connectivity index (χ4v) is 2.85. The van der Waals surface area contributed by atoms with Crippen LogP contribution >= 0.6 is 11.8 Å². The Morgan fingerprint density at radius 2 is 2.30 bits per heavy atom. The van der Waals surface area contributed by atoms with Crippen LogP contribution in [0.4, 0.5) is 0 Å². The van der Waals surface area contributed by atoms with Crippen molar-refractivity contribution < 1.29 is 9.90 Å². The molecule has 0 atom stereocenters. The molecule has 1 amide bonds. The molecular formula is C14H17N3O2S. The largest absolute Gasteiger partial charge is 0.390 e. The standard InChI is InChI=1S/C14H17N3O2S/c1-10-3-2-4-11(5-10)9-20-14-16-6-12(8-18)17(14)7-13(15)19/h2-6,18H,7-9H2,1H3,(H2,15,19). The van der Waals surface area contributed by atoms with Crippen molar-refractivity contribution >= 4 is 17.7 Å². The molecule has 106 valence electrons. The Morgan fingerprint density at radius 3 is 2.95 bits per heavy atom. The Bertz CT molecular complexity index is 610. The van der Waals surface area contributed by atoms with Crippen molar-refractivity contribution in [2.75, 3.05) is 0 Å². The third-order valence-corrected chi connectivity index (χ3v) is 3.89. The lowest BCUT2D eigenvalue weighted by atomic mass is 10.2. The van der Waals surface area contributed by atoms with E-state index >= 15 is 0 Å². The van der Waals surface area contributed by atoms with Crippen molar-refractivity contribution in [3.8, 4) is 0 Å². The van der Waals surface area contributed by atoms with Gasteiger partial charge in [-0.2, -0.15) is 0 Å². The van der Waals surface area contributed by atoms with Crippen LogP contribution < -0.4 is 5.73 Å². The number of aliphatic hydroxyl groups excluding tert-OH is 1. The van der Waals surface area contributed by atoms with E-state index in [1.54, 1.807) is 10.8 Å². The fourth-order valence-electron chi connectivity index (χ4n) is 1.91. The quantitative estimate of drug-likeness (QED) is 0.790. The molecule has 0 radical (unpaired) electrons. The van der Waals surface area contributed by atoms with Crippen molar-refractivity contribution in [2.24, 2.45) is 5.73 Å². The van der Waals surface area contributed by atoms with Crippen LogP contribution in [0.15, 0.2) is 35.6 Å². The molecule has 0 spiro atoms. The summed E-state index contributed by atoms with van der Waals surface area (Å²) in [5.41, 5.74) is 8.21. The summed E-state index contributed by atoms with van der Waals surface area (Å²) in [6.45, 7) is 1.92. The predicted molar refractivity (Wildman–Crippen MR) is 78.1 cm³/mol. The number of aryl methyl sites for hydroxylation is 1. The van der Waals surface area contributed by atoms with Gasteiger partial charge in [-0.1, -0.05) is 41.6 Å². The second kappa shape index (κ2) is 6.58. The molecule has 20 heavy (non-hydrogen) atoms. The summed E-state index contributed by atoms with van der Waals surface area (Å²) in [6, 6.07) is 8.22. The molecule has 0 bridgehead atoms. The van der Waals surface area contributed by atoms with Crippen molar-refractivity contribution in [1.82, 2.24) is 9.55 Å². The minimum absolute atomic E-state index is 0.0338. The van der Waals surface area contributed by atoms with Gasteiger partial charge in [-0.25, -0.2) is 4.98 Å². The number of nitrogens with two attached hydrogens (primary N) is 1. The van der Waals surface area contributed by atoms with Gasteiger partial charge >= 0.3 is 0 Å². The summed E-state index contributed by atoms with van der Waals surface area (Å²) >= 11 is 1.52. The molecule has 0 unspecified atom stereocenters. The molecular weight excluding hydrogens is 274 g/mol. The van der Waals surface area contributed by atoms with Crippen LogP contribution in [-0.2, 0) is 23.7 Å². The van der Waals surface area contributed by atoms with Crippen LogP contribution in [-0.4, -0.2) is 20.6 Å². The first-order valence-electron chi connectivity index (χ1n) is 6.22. The minimum Gasteiger partial charge on any atom is -0.390 e. The van der Waals surface area contributed by atoms with Gasteiger partial charge < -0.3 is 15.4 Å². The highest BCUT2D eigenvalue weighted by Gasteiger charge is 2.12. The zero-order chi connectivity index (χ0) is 14.5. The molecule has 0 saturated heterocycles. The average molecular weight is 291 g/mol. The number of carbonyl (C=O) groups excluding carboxylic acids is 1. The third-order valence-electron chi connectivity index (χ3n) is 2.83. The van der Waals surface area contributed by atoms with E-state index in [0.717, 1.165) is 5.75 Å². The van der Waals surface area contributed by atoms with Gasteiger partial charge in [0, 0.05) is 5.75 Å². The second-order valence-electron chi connectivity index (χ2n) is 4.52. The van der Waals surface area contributed by atoms with Gasteiger partial charge in [-0.05, 0) is 12.5 Å². The monoisotopic (exact) mass is 291 g/mol. The Balaban J connectivity index is 2.13. The highest BCUT2D eigenvalue weighted by Crippen LogP contribution is 2.23. The second-order valence-corrected chi connectivity index (χ2v) is 5.46. The van der Waals surface area contributed by atoms with E-state index in [-0.39, 0.29) is 13.2 Å². The molecule has 1 aromatic carbocycles. The molecule has 1 aromatic heterocycles. The van der Waals surface area contributed by atoms with Crippen molar-refractivity contribution in [1.29, 1.82) is 0 Å². The van der Waals surface area contributed by atoms with Gasteiger partial charge in [-0.15, -0.1) is 0 Å². The molecule has 1 heterocycles. The first-order chi connectivity index (χ1) is 9.60. The van der Waals surface area contributed by atoms with Crippen molar-refractivity contribution in [3.63, 3.8) is 0 Å². The van der Waals surface area contributed by atoms with Gasteiger partial charge in [0.05, 0.1) is 18.5 Å². The van der Waals surface area contributed by atoms with Crippen LogP contribution in [0.2, 0.25) is 0 Å². The lowest BCUT2D eigenvalue weighted by Gasteiger charge is -2.08. The number of benzene rings is 1. The number of amides is 1. The predicted octanol–water partition coefficient (Wildman–Crippen LogP) is 1.46. The van der Waals surface area contributed by atoms with Gasteiger partial charge in [0.2, 0.25) is 5.91 Å². The number of hydrogen-bond acceptors (Lipinski definition) is 4. The van der Waals surface area contributed by atoms with E-state index in [1.165, 1.54) is 22.9 Å². The van der Waals surface area contributed by atoms with Gasteiger partial charge in [0.15, 0.2) is 5.16 Å². The number of thioether (sulfide) groups is 1. The summed E-state index contributed by atoms with van der Waals surface area (Å²) < 4.78 is 1.66. The normalized spacial score (nSPS) is 10.7. The summed E-state index contributed by atoms with van der Waals surface area (Å²) in [6.07, 6.45) is 1.57. The van der Waals surface area contributed by atoms with Crippen LogP contribution in [0.5, 0.6) is 0 Å². The minimum atomic E-state index is -0.449. The zero-order valence-electron chi connectivity index (χ0n) is 11.2.